The molecule has 0 bridgehead atoms. The van der Waals surface area contributed by atoms with Crippen molar-refractivity contribution in [3.63, 3.8) is 0 Å². The quantitative estimate of drug-likeness (QED) is 0.658. The summed E-state index contributed by atoms with van der Waals surface area (Å²) >= 11 is 0. The van der Waals surface area contributed by atoms with E-state index in [0.29, 0.717) is 30.8 Å². The zero-order valence-electron chi connectivity index (χ0n) is 13.5. The maximum Gasteiger partial charge on any atom is 0.321 e. The molecule has 0 radical (unpaired) electrons. The van der Waals surface area contributed by atoms with Crippen LogP contribution < -0.4 is 5.32 Å². The van der Waals surface area contributed by atoms with Crippen LogP contribution in [0.2, 0.25) is 0 Å². The first-order chi connectivity index (χ1) is 10.9. The number of piperidine rings is 1. The fraction of sp³-hybridized carbons (Fsp3) is 0.562. The first-order valence-corrected chi connectivity index (χ1v) is 7.93. The Morgan fingerprint density at radius 3 is 2.91 bits per heavy atom. The molecule has 126 valence electrons. The lowest BCUT2D eigenvalue weighted by Gasteiger charge is -2.34. The molecule has 0 aliphatic carbocycles. The minimum Gasteiger partial charge on any atom is -0.393 e. The Morgan fingerprint density at radius 2 is 2.30 bits per heavy atom. The van der Waals surface area contributed by atoms with Crippen molar-refractivity contribution in [3.05, 3.63) is 33.9 Å². The summed E-state index contributed by atoms with van der Waals surface area (Å²) < 4.78 is 0. The van der Waals surface area contributed by atoms with Crippen LogP contribution in [0.25, 0.3) is 0 Å². The average Bonchev–Trinajstić information content (AvgIpc) is 2.54. The largest absolute Gasteiger partial charge is 0.393 e. The van der Waals surface area contributed by atoms with Crippen LogP contribution in [0.4, 0.5) is 16.2 Å². The second-order valence-electron chi connectivity index (χ2n) is 5.97. The number of anilines is 1. The number of nitrogens with one attached hydrogen (secondary N) is 1. The molecule has 1 fully saturated rings. The predicted octanol–water partition coefficient (Wildman–Crippen LogP) is 2.78. The molecule has 1 aromatic carbocycles. The molecule has 1 heterocycles. The van der Waals surface area contributed by atoms with E-state index in [-0.39, 0.29) is 17.6 Å². The molecule has 7 nitrogen and oxygen atoms in total. The molecule has 0 unspecified atom stereocenters. The standard InChI is InChI=1S/C16H23N3O4/c1-3-12-6-7-14(9-15(12)19(22)23)17-16(21)18-8-4-5-13(10-18)11(2)20/h6-7,9,11,13,20H,3-5,8,10H2,1-2H3,(H,17,21)/t11-,13-/m1/s1. The van der Waals surface area contributed by atoms with Crippen LogP contribution >= 0.6 is 0 Å². The van der Waals surface area contributed by atoms with E-state index in [4.69, 9.17) is 0 Å². The van der Waals surface area contributed by atoms with Crippen molar-refractivity contribution in [2.45, 2.75) is 39.2 Å². The fourth-order valence-corrected chi connectivity index (χ4v) is 2.90. The molecule has 0 spiro atoms. The van der Waals surface area contributed by atoms with Crippen molar-refractivity contribution < 1.29 is 14.8 Å². The third-order valence-electron chi connectivity index (χ3n) is 4.34. The lowest BCUT2D eigenvalue weighted by atomic mass is 9.94. The number of aryl methyl sites for hydroxylation is 1. The topological polar surface area (TPSA) is 95.7 Å². The van der Waals surface area contributed by atoms with E-state index < -0.39 is 11.0 Å². The minimum atomic E-state index is -0.449. The minimum absolute atomic E-state index is 0.0193. The predicted molar refractivity (Wildman–Crippen MR) is 87.5 cm³/mol. The lowest BCUT2D eigenvalue weighted by molar-refractivity contribution is -0.385. The third kappa shape index (κ3) is 4.19. The maximum absolute atomic E-state index is 12.3. The van der Waals surface area contributed by atoms with E-state index in [0.717, 1.165) is 12.8 Å². The number of aliphatic hydroxyl groups is 1. The zero-order chi connectivity index (χ0) is 17.0. The normalized spacial score (nSPS) is 19.3. The molecule has 1 aliphatic heterocycles. The van der Waals surface area contributed by atoms with Crippen molar-refractivity contribution in [1.29, 1.82) is 0 Å². The van der Waals surface area contributed by atoms with Gasteiger partial charge in [-0.1, -0.05) is 13.0 Å². The fourth-order valence-electron chi connectivity index (χ4n) is 2.90. The number of carbonyl (C=O) groups is 1. The van der Waals surface area contributed by atoms with Gasteiger partial charge < -0.3 is 15.3 Å². The van der Waals surface area contributed by atoms with Gasteiger partial charge in [0.15, 0.2) is 0 Å². The van der Waals surface area contributed by atoms with Crippen LogP contribution in [0, 0.1) is 16.0 Å². The molecule has 2 atom stereocenters. The van der Waals surface area contributed by atoms with Crippen molar-refractivity contribution >= 4 is 17.4 Å². The van der Waals surface area contributed by atoms with Crippen molar-refractivity contribution in [2.75, 3.05) is 18.4 Å². The SMILES string of the molecule is CCc1ccc(NC(=O)N2CCC[C@@H]([C@@H](C)O)C2)cc1[N+](=O)[O-]. The second-order valence-corrected chi connectivity index (χ2v) is 5.97. The van der Waals surface area contributed by atoms with E-state index in [1.807, 2.05) is 6.92 Å². The number of nitrogens with zero attached hydrogens (tertiary/aromatic N) is 2. The zero-order valence-corrected chi connectivity index (χ0v) is 13.5. The van der Waals surface area contributed by atoms with E-state index >= 15 is 0 Å². The molecule has 23 heavy (non-hydrogen) atoms. The van der Waals surface area contributed by atoms with Crippen molar-refractivity contribution in [1.82, 2.24) is 4.90 Å². The Kier molecular flexibility index (Phi) is 5.54. The molecule has 0 saturated carbocycles. The second kappa shape index (κ2) is 7.41. The summed E-state index contributed by atoms with van der Waals surface area (Å²) in [5.74, 6) is 0.0753. The lowest BCUT2D eigenvalue weighted by Crippen LogP contribution is -2.44. The summed E-state index contributed by atoms with van der Waals surface area (Å²) in [6.45, 7) is 4.71. The van der Waals surface area contributed by atoms with Gasteiger partial charge in [-0.25, -0.2) is 4.79 Å². The van der Waals surface area contributed by atoms with Gasteiger partial charge >= 0.3 is 6.03 Å². The molecule has 2 rings (SSSR count). The van der Waals surface area contributed by atoms with Gasteiger partial charge in [0.2, 0.25) is 0 Å². The molecule has 1 aromatic rings. The number of aliphatic hydroxyl groups excluding tert-OH is 1. The van der Waals surface area contributed by atoms with Crippen LogP contribution in [0.3, 0.4) is 0 Å². The molecule has 7 heteroatoms. The maximum atomic E-state index is 12.3. The van der Waals surface area contributed by atoms with Gasteiger partial charge in [0.05, 0.1) is 11.0 Å². The highest BCUT2D eigenvalue weighted by atomic mass is 16.6. The van der Waals surface area contributed by atoms with Gasteiger partial charge in [0.1, 0.15) is 0 Å². The highest BCUT2D eigenvalue weighted by Gasteiger charge is 2.26. The Hall–Kier alpha value is -2.15. The van der Waals surface area contributed by atoms with Crippen LogP contribution in [0.15, 0.2) is 18.2 Å². The molecular formula is C16H23N3O4. The number of benzene rings is 1. The Bertz CT molecular complexity index is 589. The highest BCUT2D eigenvalue weighted by Crippen LogP contribution is 2.25. The molecule has 2 N–H and O–H groups in total. The summed E-state index contributed by atoms with van der Waals surface area (Å²) in [6, 6.07) is 4.46. The Labute approximate surface area is 135 Å². The van der Waals surface area contributed by atoms with Crippen LogP contribution in [0.1, 0.15) is 32.3 Å². The van der Waals surface area contributed by atoms with Crippen molar-refractivity contribution in [2.24, 2.45) is 5.92 Å². The van der Waals surface area contributed by atoms with Gasteiger partial charge in [-0.2, -0.15) is 0 Å². The van der Waals surface area contributed by atoms with Gasteiger partial charge in [-0.15, -0.1) is 0 Å². The molecular weight excluding hydrogens is 298 g/mol. The summed E-state index contributed by atoms with van der Waals surface area (Å²) in [5, 5.41) is 23.5. The monoisotopic (exact) mass is 321 g/mol. The Morgan fingerprint density at radius 1 is 1.57 bits per heavy atom. The number of likely N-dealkylation sites (tertiary alicyclic amines) is 1. The van der Waals surface area contributed by atoms with Crippen LogP contribution in [-0.4, -0.2) is 40.2 Å². The highest BCUT2D eigenvalue weighted by molar-refractivity contribution is 5.89. The van der Waals surface area contributed by atoms with Gasteiger partial charge in [-0.3, -0.25) is 10.1 Å². The molecule has 1 aliphatic rings. The van der Waals surface area contributed by atoms with Crippen LogP contribution in [0.5, 0.6) is 0 Å². The number of nitro groups is 1. The van der Waals surface area contributed by atoms with E-state index in [1.165, 1.54) is 6.07 Å². The number of hydrogen-bond acceptors (Lipinski definition) is 4. The number of urea groups is 1. The molecule has 0 aromatic heterocycles. The van der Waals surface area contributed by atoms with E-state index in [9.17, 15) is 20.0 Å². The summed E-state index contributed by atoms with van der Waals surface area (Å²) in [5.41, 5.74) is 1.07. The van der Waals surface area contributed by atoms with Gasteiger partial charge in [0, 0.05) is 36.3 Å². The Balaban J connectivity index is 2.08. The smallest absolute Gasteiger partial charge is 0.321 e. The van der Waals surface area contributed by atoms with E-state index in [1.54, 1.807) is 24.0 Å². The number of hydrogen-bond donors (Lipinski definition) is 2. The van der Waals surface area contributed by atoms with E-state index in [2.05, 4.69) is 5.32 Å². The van der Waals surface area contributed by atoms with Gasteiger partial charge in [-0.05, 0) is 32.3 Å². The first kappa shape index (κ1) is 17.2. The average molecular weight is 321 g/mol. The summed E-state index contributed by atoms with van der Waals surface area (Å²) in [7, 11) is 0. The number of carbonyl (C=O) groups excluding carboxylic acids is 1. The number of nitro benzene ring substituents is 1. The molecule has 1 saturated heterocycles. The number of rotatable bonds is 4. The van der Waals surface area contributed by atoms with Crippen molar-refractivity contribution in [3.8, 4) is 0 Å². The summed E-state index contributed by atoms with van der Waals surface area (Å²) in [4.78, 5) is 24.6. The first-order valence-electron chi connectivity index (χ1n) is 7.93. The number of amides is 2. The summed E-state index contributed by atoms with van der Waals surface area (Å²) in [6.07, 6.45) is 1.86. The molecule has 2 amide bonds. The third-order valence-corrected chi connectivity index (χ3v) is 4.34. The van der Waals surface area contributed by atoms with Gasteiger partial charge in [0.25, 0.3) is 5.69 Å². The van der Waals surface area contributed by atoms with Crippen LogP contribution in [-0.2, 0) is 6.42 Å².